The van der Waals surface area contributed by atoms with Gasteiger partial charge in [0.1, 0.15) is 0 Å². The monoisotopic (exact) mass is 333 g/mol. The minimum absolute atomic E-state index is 0.163. The number of methoxy groups -OCH3 is 1. The van der Waals surface area contributed by atoms with Crippen LogP contribution in [0.25, 0.3) is 5.57 Å². The van der Waals surface area contributed by atoms with Gasteiger partial charge in [0.2, 0.25) is 0 Å². The third-order valence-corrected chi connectivity index (χ3v) is 3.60. The van der Waals surface area contributed by atoms with Gasteiger partial charge in [0, 0.05) is 10.9 Å². The highest BCUT2D eigenvalue weighted by Crippen LogP contribution is 2.38. The van der Waals surface area contributed by atoms with Gasteiger partial charge in [-0.1, -0.05) is 40.0 Å². The summed E-state index contributed by atoms with van der Waals surface area (Å²) in [7, 11) is 1.29. The van der Waals surface area contributed by atoms with E-state index in [1.165, 1.54) is 12.0 Å². The highest BCUT2D eigenvalue weighted by atomic mass is 79.9. The molecule has 0 spiro atoms. The predicted octanol–water partition coefficient (Wildman–Crippen LogP) is 1.99. The lowest BCUT2D eigenvalue weighted by Crippen LogP contribution is -2.27. The number of fused-ring (bicyclic) bond motifs is 1. The first-order valence-corrected chi connectivity index (χ1v) is 7.00. The molecule has 0 aromatic heterocycles. The first-order valence-electron chi connectivity index (χ1n) is 5.87. The van der Waals surface area contributed by atoms with Crippen LogP contribution in [0.4, 0.5) is 5.69 Å². The van der Waals surface area contributed by atoms with Gasteiger partial charge in [0.15, 0.2) is 0 Å². The third kappa shape index (κ3) is 2.23. The summed E-state index contributed by atoms with van der Waals surface area (Å²) < 4.78 is 4.74. The first kappa shape index (κ1) is 14.4. The molecule has 2 rings (SSSR count). The zero-order chi connectivity index (χ0) is 14.7. The molecule has 1 amide bonds. The minimum Gasteiger partial charge on any atom is -0.466 e. The van der Waals surface area contributed by atoms with Crippen molar-refractivity contribution in [3.63, 3.8) is 0 Å². The van der Waals surface area contributed by atoms with E-state index in [1.54, 1.807) is 12.1 Å². The Balaban J connectivity index is 2.67. The molecule has 1 heterocycles. The number of terminal acetylenes is 1. The van der Waals surface area contributed by atoms with Crippen LogP contribution in [0.1, 0.15) is 5.56 Å². The van der Waals surface area contributed by atoms with Crippen LogP contribution in [0.5, 0.6) is 0 Å². The first-order chi connectivity index (χ1) is 9.65. The number of hydrogen-bond acceptors (Lipinski definition) is 3. The number of carbonyl (C=O) groups excluding carboxylic acids is 2. The van der Waals surface area contributed by atoms with Crippen LogP contribution >= 0.6 is 15.9 Å². The number of benzene rings is 1. The fraction of sp³-hybridized carbons (Fsp3) is 0.200. The van der Waals surface area contributed by atoms with Gasteiger partial charge >= 0.3 is 5.97 Å². The summed E-state index contributed by atoms with van der Waals surface area (Å²) in [5.41, 5.74) is 2.06. The second kappa shape index (κ2) is 5.93. The third-order valence-electron chi connectivity index (χ3n) is 3.04. The second-order valence-electron chi connectivity index (χ2n) is 4.09. The molecule has 0 atom stereocenters. The van der Waals surface area contributed by atoms with E-state index in [1.807, 2.05) is 12.1 Å². The van der Waals surface area contributed by atoms with Crippen LogP contribution in [-0.2, 0) is 14.3 Å². The van der Waals surface area contributed by atoms with Gasteiger partial charge in [-0.05, 0) is 6.07 Å². The summed E-state index contributed by atoms with van der Waals surface area (Å²) in [4.78, 5) is 25.8. The normalized spacial score (nSPS) is 15.7. The van der Waals surface area contributed by atoms with Crippen LogP contribution in [0.2, 0.25) is 0 Å². The highest BCUT2D eigenvalue weighted by Gasteiger charge is 2.35. The van der Waals surface area contributed by atoms with Gasteiger partial charge in [-0.25, -0.2) is 4.79 Å². The van der Waals surface area contributed by atoms with Crippen molar-refractivity contribution in [3.8, 4) is 12.3 Å². The van der Waals surface area contributed by atoms with Gasteiger partial charge in [-0.3, -0.25) is 9.69 Å². The van der Waals surface area contributed by atoms with Gasteiger partial charge in [-0.15, -0.1) is 6.42 Å². The Labute approximate surface area is 125 Å². The fourth-order valence-electron chi connectivity index (χ4n) is 2.17. The molecule has 1 aliphatic heterocycles. The molecule has 0 N–H and O–H groups in total. The summed E-state index contributed by atoms with van der Waals surface area (Å²) in [5.74, 6) is 1.66. The smallest absolute Gasteiger partial charge is 0.335 e. The largest absolute Gasteiger partial charge is 0.466 e. The van der Waals surface area contributed by atoms with E-state index in [-0.39, 0.29) is 17.8 Å². The quantitative estimate of drug-likeness (QED) is 0.368. The molecule has 4 nitrogen and oxygen atoms in total. The zero-order valence-electron chi connectivity index (χ0n) is 10.9. The lowest BCUT2D eigenvalue weighted by molar-refractivity contribution is -0.136. The van der Waals surface area contributed by atoms with Gasteiger partial charge in [0.25, 0.3) is 5.91 Å². The van der Waals surface area contributed by atoms with Crippen molar-refractivity contribution in [1.29, 1.82) is 0 Å². The number of hydrogen-bond donors (Lipinski definition) is 0. The second-order valence-corrected chi connectivity index (χ2v) is 4.65. The lowest BCUT2D eigenvalue weighted by Gasteiger charge is -2.13. The Morgan fingerprint density at radius 3 is 2.75 bits per heavy atom. The van der Waals surface area contributed by atoms with E-state index in [2.05, 4.69) is 21.9 Å². The van der Waals surface area contributed by atoms with Gasteiger partial charge < -0.3 is 4.74 Å². The van der Waals surface area contributed by atoms with E-state index in [9.17, 15) is 9.59 Å². The van der Waals surface area contributed by atoms with Crippen molar-refractivity contribution in [2.24, 2.45) is 0 Å². The van der Waals surface area contributed by atoms with Gasteiger partial charge in [-0.2, -0.15) is 0 Å². The standard InChI is InChI=1S/C15H12BrNO3/c1-3-8-17-12-7-5-4-6-10(12)13(14(17)18)11(9-16)15(19)20-2/h1,4-7H,8-9H2,2H3/b13-11+. The summed E-state index contributed by atoms with van der Waals surface area (Å²) in [6, 6.07) is 7.24. The number of carbonyl (C=O) groups is 2. The number of amides is 1. The Hall–Kier alpha value is -2.06. The van der Waals surface area contributed by atoms with Crippen LogP contribution in [-0.4, -0.2) is 30.9 Å². The summed E-state index contributed by atoms with van der Waals surface area (Å²) in [5, 5.41) is 0.235. The Kier molecular flexibility index (Phi) is 4.26. The zero-order valence-corrected chi connectivity index (χ0v) is 12.4. The average molecular weight is 334 g/mol. The molecule has 0 aliphatic carbocycles. The fourth-order valence-corrected chi connectivity index (χ4v) is 2.68. The molecular weight excluding hydrogens is 322 g/mol. The van der Waals surface area contributed by atoms with Gasteiger partial charge in [0.05, 0.1) is 30.5 Å². The number of halogens is 1. The van der Waals surface area contributed by atoms with E-state index >= 15 is 0 Å². The molecule has 0 saturated heterocycles. The molecule has 5 heteroatoms. The molecule has 102 valence electrons. The molecule has 1 aliphatic rings. The number of anilines is 1. The summed E-state index contributed by atoms with van der Waals surface area (Å²) >= 11 is 3.24. The maximum absolute atomic E-state index is 12.5. The van der Waals surface area contributed by atoms with Crippen molar-refractivity contribution in [1.82, 2.24) is 0 Å². The number of esters is 1. The summed E-state index contributed by atoms with van der Waals surface area (Å²) in [6.45, 7) is 0.163. The van der Waals surface area contributed by atoms with Crippen LogP contribution in [0.15, 0.2) is 29.8 Å². The molecule has 20 heavy (non-hydrogen) atoms. The van der Waals surface area contributed by atoms with E-state index in [0.29, 0.717) is 22.4 Å². The molecule has 0 fully saturated rings. The number of ether oxygens (including phenoxy) is 1. The molecule has 1 aromatic carbocycles. The molecule has 0 radical (unpaired) electrons. The highest BCUT2D eigenvalue weighted by molar-refractivity contribution is 9.09. The van der Waals surface area contributed by atoms with Crippen molar-refractivity contribution in [2.75, 3.05) is 23.9 Å². The van der Waals surface area contributed by atoms with Crippen molar-refractivity contribution in [2.45, 2.75) is 0 Å². The van der Waals surface area contributed by atoms with E-state index < -0.39 is 5.97 Å². The molecule has 0 saturated carbocycles. The SMILES string of the molecule is C#CCN1C(=O)/C(=C(\CBr)C(=O)OC)c2ccccc21. The average Bonchev–Trinajstić information content (AvgIpc) is 2.74. The van der Waals surface area contributed by atoms with Crippen molar-refractivity contribution < 1.29 is 14.3 Å². The van der Waals surface area contributed by atoms with Crippen LogP contribution < -0.4 is 4.90 Å². The Morgan fingerprint density at radius 1 is 1.45 bits per heavy atom. The van der Waals surface area contributed by atoms with Crippen molar-refractivity contribution >= 4 is 39.1 Å². The Morgan fingerprint density at radius 2 is 2.15 bits per heavy atom. The minimum atomic E-state index is -0.525. The van der Waals surface area contributed by atoms with E-state index in [0.717, 1.165) is 0 Å². The number of rotatable bonds is 3. The van der Waals surface area contributed by atoms with Crippen LogP contribution in [0.3, 0.4) is 0 Å². The van der Waals surface area contributed by atoms with Crippen molar-refractivity contribution in [3.05, 3.63) is 35.4 Å². The molecule has 0 unspecified atom stereocenters. The van der Waals surface area contributed by atoms with E-state index in [4.69, 9.17) is 11.2 Å². The molecule has 0 bridgehead atoms. The molecule has 1 aromatic rings. The number of alkyl halides is 1. The predicted molar refractivity (Wildman–Crippen MR) is 80.4 cm³/mol. The Bertz CT molecular complexity index is 643. The number of para-hydroxylation sites is 1. The number of nitrogens with zero attached hydrogens (tertiary/aromatic N) is 1. The lowest BCUT2D eigenvalue weighted by atomic mass is 10.0. The maximum Gasteiger partial charge on any atom is 0.335 e. The van der Waals surface area contributed by atoms with Crippen LogP contribution in [0, 0.1) is 12.3 Å². The maximum atomic E-state index is 12.5. The summed E-state index contributed by atoms with van der Waals surface area (Å²) in [6.07, 6.45) is 5.31. The topological polar surface area (TPSA) is 46.6 Å². The molecular formula is C15H12BrNO3.